The number of aldehydes is 1. The van der Waals surface area contributed by atoms with Crippen LogP contribution in [0.4, 0.5) is 5.69 Å². The van der Waals surface area contributed by atoms with Crippen LogP contribution in [0.15, 0.2) is 46.9 Å². The number of hydrogen-bond donors (Lipinski definition) is 0. The van der Waals surface area contributed by atoms with E-state index in [1.807, 2.05) is 36.2 Å². The first-order valence-electron chi connectivity index (χ1n) is 5.81. The number of rotatable bonds is 4. The second-order valence-corrected chi connectivity index (χ2v) is 5.60. The topological polar surface area (TPSA) is 20.3 Å². The zero-order chi connectivity index (χ0) is 13.8. The van der Waals surface area contributed by atoms with Crippen LogP contribution in [-0.4, -0.2) is 13.3 Å². The van der Waals surface area contributed by atoms with Gasteiger partial charge in [-0.25, -0.2) is 0 Å². The molecule has 0 unspecified atom stereocenters. The first-order chi connectivity index (χ1) is 9.11. The Labute approximate surface area is 126 Å². The molecule has 2 nitrogen and oxygen atoms in total. The number of anilines is 1. The van der Waals surface area contributed by atoms with E-state index in [1.54, 1.807) is 18.2 Å². The van der Waals surface area contributed by atoms with Gasteiger partial charge >= 0.3 is 0 Å². The Morgan fingerprint density at radius 1 is 1.21 bits per heavy atom. The van der Waals surface area contributed by atoms with Crippen LogP contribution in [0.5, 0.6) is 0 Å². The Hall–Kier alpha value is -1.32. The van der Waals surface area contributed by atoms with Crippen molar-refractivity contribution in [2.24, 2.45) is 0 Å². The van der Waals surface area contributed by atoms with Crippen molar-refractivity contribution in [2.45, 2.75) is 6.54 Å². The highest BCUT2D eigenvalue weighted by atomic mass is 79.9. The van der Waals surface area contributed by atoms with Gasteiger partial charge in [0.2, 0.25) is 0 Å². The zero-order valence-corrected chi connectivity index (χ0v) is 12.8. The van der Waals surface area contributed by atoms with Crippen LogP contribution in [-0.2, 0) is 6.54 Å². The maximum atomic E-state index is 11.1. The Kier molecular flexibility index (Phi) is 4.61. The average Bonchev–Trinajstić information content (AvgIpc) is 2.40. The van der Waals surface area contributed by atoms with Gasteiger partial charge in [-0.2, -0.15) is 0 Å². The minimum absolute atomic E-state index is 0.587. The fourth-order valence-electron chi connectivity index (χ4n) is 1.97. The molecule has 2 rings (SSSR count). The van der Waals surface area contributed by atoms with Crippen LogP contribution in [0.2, 0.25) is 5.02 Å². The molecule has 2 aromatic carbocycles. The minimum Gasteiger partial charge on any atom is -0.368 e. The van der Waals surface area contributed by atoms with E-state index in [2.05, 4.69) is 15.9 Å². The molecular formula is C15H13BrClNO. The molecule has 0 saturated heterocycles. The van der Waals surface area contributed by atoms with Crippen molar-refractivity contribution >= 4 is 39.5 Å². The number of benzene rings is 2. The van der Waals surface area contributed by atoms with Crippen LogP contribution < -0.4 is 4.90 Å². The molecule has 0 heterocycles. The highest BCUT2D eigenvalue weighted by Gasteiger charge is 2.11. The first kappa shape index (κ1) is 14.1. The molecule has 0 aliphatic heterocycles. The smallest absolute Gasteiger partial charge is 0.152 e. The standard InChI is InChI=1S/C15H13BrClNO/c1-18(9-11-5-7-13(16)8-6-11)15-12(10-19)3-2-4-14(15)17/h2-8,10H,9H2,1H3. The van der Waals surface area contributed by atoms with Gasteiger partial charge in [0, 0.05) is 23.6 Å². The molecule has 2 aromatic rings. The molecule has 0 aliphatic carbocycles. The molecule has 0 saturated carbocycles. The SMILES string of the molecule is CN(Cc1ccc(Br)cc1)c1c(Cl)cccc1C=O. The molecule has 0 bridgehead atoms. The number of carbonyl (C=O) groups excluding carboxylic acids is 1. The van der Waals surface area contributed by atoms with E-state index in [0.717, 1.165) is 22.0 Å². The second kappa shape index (κ2) is 6.22. The van der Waals surface area contributed by atoms with Gasteiger partial charge in [0.15, 0.2) is 6.29 Å². The lowest BCUT2D eigenvalue weighted by atomic mass is 10.1. The van der Waals surface area contributed by atoms with Crippen molar-refractivity contribution in [3.8, 4) is 0 Å². The van der Waals surface area contributed by atoms with Crippen molar-refractivity contribution in [1.82, 2.24) is 0 Å². The monoisotopic (exact) mass is 337 g/mol. The Bertz CT molecular complexity index is 583. The summed E-state index contributed by atoms with van der Waals surface area (Å²) in [6.07, 6.45) is 0.833. The lowest BCUT2D eigenvalue weighted by Gasteiger charge is -2.22. The summed E-state index contributed by atoms with van der Waals surface area (Å²) in [6, 6.07) is 13.4. The zero-order valence-electron chi connectivity index (χ0n) is 10.4. The number of nitrogens with zero attached hydrogens (tertiary/aromatic N) is 1. The third kappa shape index (κ3) is 3.37. The van der Waals surface area contributed by atoms with Gasteiger partial charge in [0.05, 0.1) is 10.7 Å². The molecule has 0 radical (unpaired) electrons. The van der Waals surface area contributed by atoms with Crippen molar-refractivity contribution in [3.63, 3.8) is 0 Å². The molecule has 19 heavy (non-hydrogen) atoms. The van der Waals surface area contributed by atoms with Crippen LogP contribution >= 0.6 is 27.5 Å². The summed E-state index contributed by atoms with van der Waals surface area (Å²) in [5, 5.41) is 0.587. The maximum absolute atomic E-state index is 11.1. The van der Waals surface area contributed by atoms with E-state index < -0.39 is 0 Å². The van der Waals surface area contributed by atoms with Gasteiger partial charge in [0.1, 0.15) is 0 Å². The van der Waals surface area contributed by atoms with E-state index >= 15 is 0 Å². The quantitative estimate of drug-likeness (QED) is 0.762. The first-order valence-corrected chi connectivity index (χ1v) is 6.98. The van der Waals surface area contributed by atoms with Gasteiger partial charge in [-0.05, 0) is 29.8 Å². The number of hydrogen-bond acceptors (Lipinski definition) is 2. The van der Waals surface area contributed by atoms with Crippen LogP contribution in [0, 0.1) is 0 Å². The molecule has 98 valence electrons. The predicted molar refractivity (Wildman–Crippen MR) is 83.1 cm³/mol. The largest absolute Gasteiger partial charge is 0.368 e. The molecule has 0 amide bonds. The van der Waals surface area contributed by atoms with Gasteiger partial charge in [-0.15, -0.1) is 0 Å². The van der Waals surface area contributed by atoms with E-state index in [4.69, 9.17) is 11.6 Å². The lowest BCUT2D eigenvalue weighted by Crippen LogP contribution is -2.18. The Morgan fingerprint density at radius 2 is 1.89 bits per heavy atom. The Morgan fingerprint density at radius 3 is 2.53 bits per heavy atom. The second-order valence-electron chi connectivity index (χ2n) is 4.28. The highest BCUT2D eigenvalue weighted by Crippen LogP contribution is 2.29. The van der Waals surface area contributed by atoms with E-state index in [0.29, 0.717) is 17.1 Å². The summed E-state index contributed by atoms with van der Waals surface area (Å²) in [6.45, 7) is 0.692. The normalized spacial score (nSPS) is 10.3. The van der Waals surface area contributed by atoms with Crippen molar-refractivity contribution in [2.75, 3.05) is 11.9 Å². The van der Waals surface area contributed by atoms with Crippen LogP contribution in [0.1, 0.15) is 15.9 Å². The minimum atomic E-state index is 0.587. The molecule has 0 spiro atoms. The summed E-state index contributed by atoms with van der Waals surface area (Å²) in [4.78, 5) is 13.1. The third-order valence-corrected chi connectivity index (χ3v) is 3.69. The summed E-state index contributed by atoms with van der Waals surface area (Å²) < 4.78 is 1.05. The molecule has 0 atom stereocenters. The summed E-state index contributed by atoms with van der Waals surface area (Å²) in [7, 11) is 1.93. The van der Waals surface area contributed by atoms with Crippen LogP contribution in [0.25, 0.3) is 0 Å². The molecule has 0 aromatic heterocycles. The number of halogens is 2. The van der Waals surface area contributed by atoms with Crippen LogP contribution in [0.3, 0.4) is 0 Å². The third-order valence-electron chi connectivity index (χ3n) is 2.86. The molecule has 4 heteroatoms. The fourth-order valence-corrected chi connectivity index (χ4v) is 2.56. The molecule has 0 aliphatic rings. The number of carbonyl (C=O) groups is 1. The molecule has 0 N–H and O–H groups in total. The van der Waals surface area contributed by atoms with Crippen molar-refractivity contribution < 1.29 is 4.79 Å². The summed E-state index contributed by atoms with van der Waals surface area (Å²) in [5.41, 5.74) is 2.52. The predicted octanol–water partition coefficient (Wildman–Crippen LogP) is 4.55. The number of para-hydroxylation sites is 1. The summed E-state index contributed by atoms with van der Waals surface area (Å²) in [5.74, 6) is 0. The van der Waals surface area contributed by atoms with Crippen molar-refractivity contribution in [1.29, 1.82) is 0 Å². The Balaban J connectivity index is 2.27. The molecule has 0 fully saturated rings. The van der Waals surface area contributed by atoms with Gasteiger partial charge in [-0.1, -0.05) is 45.7 Å². The summed E-state index contributed by atoms with van der Waals surface area (Å²) >= 11 is 9.60. The maximum Gasteiger partial charge on any atom is 0.152 e. The average molecular weight is 339 g/mol. The highest BCUT2D eigenvalue weighted by molar-refractivity contribution is 9.10. The lowest BCUT2D eigenvalue weighted by molar-refractivity contribution is 0.112. The van der Waals surface area contributed by atoms with Gasteiger partial charge in [0.25, 0.3) is 0 Å². The molecular weight excluding hydrogens is 326 g/mol. The van der Waals surface area contributed by atoms with Gasteiger partial charge < -0.3 is 4.90 Å². The van der Waals surface area contributed by atoms with E-state index in [1.165, 1.54) is 0 Å². The fraction of sp³-hybridized carbons (Fsp3) is 0.133. The van der Waals surface area contributed by atoms with Gasteiger partial charge in [-0.3, -0.25) is 4.79 Å². The van der Waals surface area contributed by atoms with E-state index in [-0.39, 0.29) is 0 Å². The van der Waals surface area contributed by atoms with E-state index in [9.17, 15) is 4.79 Å². The van der Waals surface area contributed by atoms with Crippen molar-refractivity contribution in [3.05, 3.63) is 63.1 Å².